The van der Waals surface area contributed by atoms with Gasteiger partial charge in [-0.05, 0) is 43.6 Å². The third-order valence-corrected chi connectivity index (χ3v) is 4.59. The van der Waals surface area contributed by atoms with Gasteiger partial charge in [0.15, 0.2) is 11.5 Å². The summed E-state index contributed by atoms with van der Waals surface area (Å²) in [6.07, 6.45) is 1.01. The van der Waals surface area contributed by atoms with Crippen molar-refractivity contribution in [2.24, 2.45) is 11.7 Å². The maximum Gasteiger partial charge on any atom is 0.162 e. The van der Waals surface area contributed by atoms with Crippen molar-refractivity contribution in [2.75, 3.05) is 26.8 Å². The third-order valence-electron chi connectivity index (χ3n) is 3.85. The molecule has 2 rings (SSSR count). The molecule has 0 aromatic heterocycles. The molecule has 21 heavy (non-hydrogen) atoms. The zero-order valence-corrected chi connectivity index (χ0v) is 14.6. The van der Waals surface area contributed by atoms with Crippen molar-refractivity contribution in [3.05, 3.63) is 22.2 Å². The first-order valence-corrected chi connectivity index (χ1v) is 8.29. The highest BCUT2D eigenvalue weighted by Gasteiger charge is 2.16. The molecule has 0 bridgehead atoms. The second-order valence-corrected chi connectivity index (χ2v) is 6.88. The van der Waals surface area contributed by atoms with Crippen LogP contribution in [0.3, 0.4) is 0 Å². The molecule has 2 N–H and O–H groups in total. The Balaban J connectivity index is 1.96. The summed E-state index contributed by atoms with van der Waals surface area (Å²) in [6, 6.07) is 4.32. The van der Waals surface area contributed by atoms with Crippen molar-refractivity contribution in [3.63, 3.8) is 0 Å². The summed E-state index contributed by atoms with van der Waals surface area (Å²) in [6.45, 7) is 7.42. The summed E-state index contributed by atoms with van der Waals surface area (Å²) < 4.78 is 12.3. The molecule has 4 nitrogen and oxygen atoms in total. The van der Waals surface area contributed by atoms with Crippen molar-refractivity contribution < 1.29 is 9.47 Å². The molecule has 0 radical (unpaired) electrons. The van der Waals surface area contributed by atoms with Crippen molar-refractivity contribution in [3.8, 4) is 11.5 Å². The van der Waals surface area contributed by atoms with E-state index in [4.69, 9.17) is 15.2 Å². The minimum absolute atomic E-state index is 0.260. The average Bonchev–Trinajstić information content (AvgIpc) is 2.45. The zero-order valence-electron chi connectivity index (χ0n) is 13.1. The number of fused-ring (bicyclic) bond motifs is 1. The van der Waals surface area contributed by atoms with Crippen LogP contribution >= 0.6 is 15.9 Å². The van der Waals surface area contributed by atoms with E-state index in [0.29, 0.717) is 19.1 Å². The Labute approximate surface area is 135 Å². The summed E-state index contributed by atoms with van der Waals surface area (Å²) in [5, 5.41) is 0. The van der Waals surface area contributed by atoms with E-state index in [1.165, 1.54) is 5.56 Å². The Bertz CT molecular complexity index is 480. The number of nitrogens with two attached hydrogens (primary N) is 1. The van der Waals surface area contributed by atoms with Crippen LogP contribution in [0, 0.1) is 5.92 Å². The fourth-order valence-corrected chi connectivity index (χ4v) is 2.75. The van der Waals surface area contributed by atoms with E-state index in [1.807, 2.05) is 6.07 Å². The van der Waals surface area contributed by atoms with Gasteiger partial charge in [-0.25, -0.2) is 0 Å². The van der Waals surface area contributed by atoms with Crippen LogP contribution in [-0.4, -0.2) is 37.7 Å². The molecular weight excluding hydrogens is 332 g/mol. The summed E-state index contributed by atoms with van der Waals surface area (Å²) >= 11 is 3.62. The molecule has 0 amide bonds. The fraction of sp³-hybridized carbons (Fsp3) is 0.625. The van der Waals surface area contributed by atoms with Crippen molar-refractivity contribution in [1.82, 2.24) is 4.90 Å². The molecule has 0 spiro atoms. The van der Waals surface area contributed by atoms with Crippen molar-refractivity contribution in [1.29, 1.82) is 0 Å². The van der Waals surface area contributed by atoms with Crippen molar-refractivity contribution in [2.45, 2.75) is 32.9 Å². The molecular formula is C16H25BrN2O2. The largest absolute Gasteiger partial charge is 0.486 e. The van der Waals surface area contributed by atoms with Gasteiger partial charge in [0.25, 0.3) is 0 Å². The Morgan fingerprint density at radius 3 is 2.48 bits per heavy atom. The molecule has 0 fully saturated rings. The number of hydrogen-bond donors (Lipinski definition) is 1. The Hall–Kier alpha value is -0.780. The fourth-order valence-electron chi connectivity index (χ4n) is 2.30. The van der Waals surface area contributed by atoms with E-state index < -0.39 is 0 Å². The lowest BCUT2D eigenvalue weighted by Gasteiger charge is -2.23. The molecule has 1 atom stereocenters. The van der Waals surface area contributed by atoms with E-state index in [-0.39, 0.29) is 6.04 Å². The minimum Gasteiger partial charge on any atom is -0.486 e. The van der Waals surface area contributed by atoms with E-state index in [2.05, 4.69) is 47.8 Å². The van der Waals surface area contributed by atoms with Gasteiger partial charge in [0.2, 0.25) is 0 Å². The normalized spacial score (nSPS) is 15.6. The number of halogens is 1. The molecule has 5 heteroatoms. The Morgan fingerprint density at radius 2 is 1.86 bits per heavy atom. The lowest BCUT2D eigenvalue weighted by Crippen LogP contribution is -2.31. The average molecular weight is 357 g/mol. The van der Waals surface area contributed by atoms with Crippen LogP contribution in [0.5, 0.6) is 11.5 Å². The molecule has 118 valence electrons. The van der Waals surface area contributed by atoms with Gasteiger partial charge in [-0.1, -0.05) is 29.8 Å². The number of benzene rings is 1. The van der Waals surface area contributed by atoms with Gasteiger partial charge >= 0.3 is 0 Å². The summed E-state index contributed by atoms with van der Waals surface area (Å²) in [7, 11) is 2.12. The Kier molecular flexibility index (Phi) is 5.90. The van der Waals surface area contributed by atoms with Crippen LogP contribution in [-0.2, 0) is 6.54 Å². The van der Waals surface area contributed by atoms with Gasteiger partial charge in [-0.3, -0.25) is 0 Å². The number of rotatable bonds is 6. The Morgan fingerprint density at radius 1 is 1.24 bits per heavy atom. The predicted molar refractivity (Wildman–Crippen MR) is 88.9 cm³/mol. The van der Waals surface area contributed by atoms with Crippen LogP contribution in [0.2, 0.25) is 0 Å². The maximum absolute atomic E-state index is 6.11. The molecule has 1 aromatic rings. The summed E-state index contributed by atoms with van der Waals surface area (Å²) in [5.74, 6) is 2.19. The van der Waals surface area contributed by atoms with Crippen LogP contribution < -0.4 is 15.2 Å². The minimum atomic E-state index is 0.260. The van der Waals surface area contributed by atoms with E-state index in [1.54, 1.807) is 0 Å². The van der Waals surface area contributed by atoms with Gasteiger partial charge in [-0.15, -0.1) is 0 Å². The van der Waals surface area contributed by atoms with E-state index >= 15 is 0 Å². The van der Waals surface area contributed by atoms with Crippen LogP contribution in [0.15, 0.2) is 16.6 Å². The standard InChI is InChI=1S/C16H25BrN2O2/c1-11(2)14(18)4-5-19(3)10-12-8-15-16(9-13(12)17)21-7-6-20-15/h8-9,11,14H,4-7,10,18H2,1-3H3. The van der Waals surface area contributed by atoms with Crippen LogP contribution in [0.1, 0.15) is 25.8 Å². The van der Waals surface area contributed by atoms with Gasteiger partial charge in [0, 0.05) is 17.1 Å². The third kappa shape index (κ3) is 4.59. The van der Waals surface area contributed by atoms with E-state index in [0.717, 1.165) is 35.5 Å². The number of hydrogen-bond acceptors (Lipinski definition) is 4. The monoisotopic (exact) mass is 356 g/mol. The molecule has 1 aliphatic rings. The number of nitrogens with zero attached hydrogens (tertiary/aromatic N) is 1. The van der Waals surface area contributed by atoms with Gasteiger partial charge in [0.05, 0.1) is 0 Å². The SMILES string of the molecule is CC(C)C(N)CCN(C)Cc1cc2c(cc1Br)OCCO2. The topological polar surface area (TPSA) is 47.7 Å². The lowest BCUT2D eigenvalue weighted by atomic mass is 10.0. The maximum atomic E-state index is 6.11. The first kappa shape index (κ1) is 16.6. The smallest absolute Gasteiger partial charge is 0.162 e. The van der Waals surface area contributed by atoms with Gasteiger partial charge in [0.1, 0.15) is 13.2 Å². The van der Waals surface area contributed by atoms with E-state index in [9.17, 15) is 0 Å². The zero-order chi connectivity index (χ0) is 15.4. The first-order valence-electron chi connectivity index (χ1n) is 7.49. The predicted octanol–water partition coefficient (Wildman–Crippen LogP) is 3.03. The highest BCUT2D eigenvalue weighted by Crippen LogP contribution is 2.35. The highest BCUT2D eigenvalue weighted by atomic mass is 79.9. The second-order valence-electron chi connectivity index (χ2n) is 6.02. The van der Waals surface area contributed by atoms with Crippen molar-refractivity contribution >= 4 is 15.9 Å². The second kappa shape index (κ2) is 7.47. The highest BCUT2D eigenvalue weighted by molar-refractivity contribution is 9.10. The van der Waals surface area contributed by atoms with Gasteiger partial charge < -0.3 is 20.1 Å². The molecule has 1 aromatic carbocycles. The number of ether oxygens (including phenoxy) is 2. The molecule has 0 saturated heterocycles. The lowest BCUT2D eigenvalue weighted by molar-refractivity contribution is 0.171. The molecule has 0 saturated carbocycles. The summed E-state index contributed by atoms with van der Waals surface area (Å²) in [4.78, 5) is 2.29. The van der Waals surface area contributed by atoms with Gasteiger partial charge in [-0.2, -0.15) is 0 Å². The molecule has 0 aliphatic carbocycles. The molecule has 1 heterocycles. The summed E-state index contributed by atoms with van der Waals surface area (Å²) in [5.41, 5.74) is 7.31. The van der Waals surface area contributed by atoms with Crippen LogP contribution in [0.4, 0.5) is 0 Å². The molecule has 1 aliphatic heterocycles. The van der Waals surface area contributed by atoms with Crippen LogP contribution in [0.25, 0.3) is 0 Å². The first-order chi connectivity index (χ1) is 9.97. The molecule has 1 unspecified atom stereocenters. The quantitative estimate of drug-likeness (QED) is 0.850.